The highest BCUT2D eigenvalue weighted by atomic mass is 16.5. The first-order chi connectivity index (χ1) is 8.66. The maximum absolute atomic E-state index is 9.21. The molecule has 0 atom stereocenters. The normalized spacial score (nSPS) is 17.4. The van der Waals surface area contributed by atoms with Crippen molar-refractivity contribution in [3.05, 3.63) is 41.5 Å². The molecule has 1 fully saturated rings. The topological polar surface area (TPSA) is 85.2 Å². The Hall–Kier alpha value is -1.88. The van der Waals surface area contributed by atoms with Gasteiger partial charge in [0.2, 0.25) is 5.89 Å². The molecular weight excluding hydrogens is 230 g/mol. The Morgan fingerprint density at radius 2 is 2.00 bits per heavy atom. The number of benzene rings is 1. The van der Waals surface area contributed by atoms with Crippen molar-refractivity contribution in [1.82, 2.24) is 10.1 Å². The number of phenolic OH excluding ortho intramolecular Hbond substituents is 1. The van der Waals surface area contributed by atoms with E-state index in [2.05, 4.69) is 10.1 Å². The van der Waals surface area contributed by atoms with E-state index in [9.17, 15) is 5.11 Å². The molecule has 1 aromatic heterocycles. The first-order valence-electron chi connectivity index (χ1n) is 6.06. The number of nitrogens with zero attached hydrogens (tertiary/aromatic N) is 2. The summed E-state index contributed by atoms with van der Waals surface area (Å²) in [4.78, 5) is 4.36. The van der Waals surface area contributed by atoms with Crippen molar-refractivity contribution >= 4 is 0 Å². The van der Waals surface area contributed by atoms with Crippen LogP contribution in [-0.4, -0.2) is 15.2 Å². The third kappa shape index (κ3) is 1.97. The van der Waals surface area contributed by atoms with Gasteiger partial charge in [0.1, 0.15) is 5.75 Å². The number of aromatic hydroxyl groups is 1. The highest BCUT2D eigenvalue weighted by Crippen LogP contribution is 2.37. The minimum atomic E-state index is -0.403. The van der Waals surface area contributed by atoms with Gasteiger partial charge < -0.3 is 15.4 Å². The third-order valence-electron chi connectivity index (χ3n) is 3.44. The summed E-state index contributed by atoms with van der Waals surface area (Å²) in [6.45, 7) is 0. The van der Waals surface area contributed by atoms with Crippen molar-refractivity contribution in [3.8, 4) is 5.75 Å². The van der Waals surface area contributed by atoms with Gasteiger partial charge in [0, 0.05) is 6.42 Å². The van der Waals surface area contributed by atoms with E-state index in [1.165, 1.54) is 0 Å². The number of hydrogen-bond acceptors (Lipinski definition) is 5. The summed E-state index contributed by atoms with van der Waals surface area (Å²) < 4.78 is 5.23. The molecule has 18 heavy (non-hydrogen) atoms. The van der Waals surface area contributed by atoms with Crippen molar-refractivity contribution in [1.29, 1.82) is 0 Å². The molecule has 1 aromatic carbocycles. The fraction of sp³-hybridized carbons (Fsp3) is 0.385. The molecule has 5 heteroatoms. The number of nitrogens with two attached hydrogens (primary N) is 1. The molecule has 0 amide bonds. The van der Waals surface area contributed by atoms with Crippen LogP contribution in [0.5, 0.6) is 5.75 Å². The summed E-state index contributed by atoms with van der Waals surface area (Å²) in [6.07, 6.45) is 3.52. The van der Waals surface area contributed by atoms with Crippen LogP contribution in [0.2, 0.25) is 0 Å². The number of aromatic nitrogens is 2. The van der Waals surface area contributed by atoms with Crippen LogP contribution in [0.4, 0.5) is 0 Å². The molecule has 3 rings (SSSR count). The first kappa shape index (κ1) is 11.2. The molecule has 0 saturated heterocycles. The van der Waals surface area contributed by atoms with Gasteiger partial charge >= 0.3 is 0 Å². The van der Waals surface area contributed by atoms with E-state index in [4.69, 9.17) is 10.3 Å². The smallest absolute Gasteiger partial charge is 0.246 e. The highest BCUT2D eigenvalue weighted by Gasteiger charge is 2.39. The lowest BCUT2D eigenvalue weighted by atomic mass is 9.78. The van der Waals surface area contributed by atoms with Crippen LogP contribution >= 0.6 is 0 Å². The molecule has 2 aromatic rings. The summed E-state index contributed by atoms with van der Waals surface area (Å²) in [5.74, 6) is 1.43. The van der Waals surface area contributed by atoms with E-state index >= 15 is 0 Å². The van der Waals surface area contributed by atoms with Gasteiger partial charge in [-0.2, -0.15) is 4.98 Å². The number of phenols is 1. The maximum atomic E-state index is 9.21. The molecule has 0 bridgehead atoms. The SMILES string of the molecule is NC1(c2nc(Cc3ccc(O)cc3)no2)CCC1. The van der Waals surface area contributed by atoms with Crippen LogP contribution in [-0.2, 0) is 12.0 Å². The van der Waals surface area contributed by atoms with Crippen molar-refractivity contribution < 1.29 is 9.63 Å². The summed E-state index contributed by atoms with van der Waals surface area (Å²) in [5, 5.41) is 13.2. The van der Waals surface area contributed by atoms with Crippen molar-refractivity contribution in [2.24, 2.45) is 5.73 Å². The molecule has 0 aliphatic heterocycles. The quantitative estimate of drug-likeness (QED) is 0.859. The van der Waals surface area contributed by atoms with Gasteiger partial charge in [0.25, 0.3) is 0 Å². The minimum absolute atomic E-state index is 0.253. The zero-order chi connectivity index (χ0) is 12.6. The fourth-order valence-corrected chi connectivity index (χ4v) is 2.10. The molecular formula is C13H15N3O2. The van der Waals surface area contributed by atoms with Crippen molar-refractivity contribution in [3.63, 3.8) is 0 Å². The second-order valence-corrected chi connectivity index (χ2v) is 4.87. The van der Waals surface area contributed by atoms with E-state index in [1.807, 2.05) is 12.1 Å². The molecule has 1 aliphatic carbocycles. The van der Waals surface area contributed by atoms with Gasteiger partial charge in [0.15, 0.2) is 5.82 Å². The first-order valence-corrected chi connectivity index (χ1v) is 6.06. The van der Waals surface area contributed by atoms with Crippen LogP contribution in [0.15, 0.2) is 28.8 Å². The van der Waals surface area contributed by atoms with Crippen LogP contribution in [0.1, 0.15) is 36.5 Å². The second kappa shape index (κ2) is 4.10. The standard InChI is InChI=1S/C13H15N3O2/c14-13(6-1-7-13)12-15-11(16-18-12)8-9-2-4-10(17)5-3-9/h2-5,17H,1,6-8,14H2. The summed E-state index contributed by atoms with van der Waals surface area (Å²) >= 11 is 0. The third-order valence-corrected chi connectivity index (χ3v) is 3.44. The van der Waals surface area contributed by atoms with Gasteiger partial charge in [-0.25, -0.2) is 0 Å². The molecule has 94 valence electrons. The Morgan fingerprint density at radius 1 is 1.28 bits per heavy atom. The highest BCUT2D eigenvalue weighted by molar-refractivity contribution is 5.27. The van der Waals surface area contributed by atoms with E-state index in [0.29, 0.717) is 18.1 Å². The lowest BCUT2D eigenvalue weighted by Gasteiger charge is -2.33. The largest absolute Gasteiger partial charge is 0.508 e. The van der Waals surface area contributed by atoms with E-state index in [0.717, 1.165) is 24.8 Å². The van der Waals surface area contributed by atoms with E-state index < -0.39 is 5.54 Å². The van der Waals surface area contributed by atoms with Crippen molar-refractivity contribution in [2.45, 2.75) is 31.2 Å². The molecule has 0 unspecified atom stereocenters. The van der Waals surface area contributed by atoms with Crippen LogP contribution in [0, 0.1) is 0 Å². The Bertz CT molecular complexity index is 544. The van der Waals surface area contributed by atoms with Gasteiger partial charge in [-0.1, -0.05) is 17.3 Å². The van der Waals surface area contributed by atoms with Crippen LogP contribution in [0.25, 0.3) is 0 Å². The Labute approximate surface area is 105 Å². The van der Waals surface area contributed by atoms with Crippen LogP contribution in [0.3, 0.4) is 0 Å². The Morgan fingerprint density at radius 3 is 2.61 bits per heavy atom. The van der Waals surface area contributed by atoms with E-state index in [1.54, 1.807) is 12.1 Å². The summed E-state index contributed by atoms with van der Waals surface area (Å²) in [6, 6.07) is 6.97. The molecule has 0 spiro atoms. The lowest BCUT2D eigenvalue weighted by Crippen LogP contribution is -2.43. The summed E-state index contributed by atoms with van der Waals surface area (Å²) in [5.41, 5.74) is 6.75. The molecule has 1 saturated carbocycles. The fourth-order valence-electron chi connectivity index (χ4n) is 2.10. The lowest BCUT2D eigenvalue weighted by molar-refractivity contribution is 0.181. The van der Waals surface area contributed by atoms with Crippen molar-refractivity contribution in [2.75, 3.05) is 0 Å². The van der Waals surface area contributed by atoms with Gasteiger partial charge in [-0.3, -0.25) is 0 Å². The zero-order valence-corrected chi connectivity index (χ0v) is 9.97. The maximum Gasteiger partial charge on any atom is 0.246 e. The number of hydrogen-bond donors (Lipinski definition) is 2. The predicted octanol–water partition coefficient (Wildman–Crippen LogP) is 1.70. The second-order valence-electron chi connectivity index (χ2n) is 4.87. The van der Waals surface area contributed by atoms with Gasteiger partial charge in [0.05, 0.1) is 5.54 Å². The Kier molecular flexibility index (Phi) is 2.56. The molecule has 1 heterocycles. The number of rotatable bonds is 3. The predicted molar refractivity (Wildman–Crippen MR) is 64.9 cm³/mol. The monoisotopic (exact) mass is 245 g/mol. The van der Waals surface area contributed by atoms with E-state index in [-0.39, 0.29) is 5.75 Å². The minimum Gasteiger partial charge on any atom is -0.508 e. The molecule has 3 N–H and O–H groups in total. The average molecular weight is 245 g/mol. The molecule has 0 radical (unpaired) electrons. The zero-order valence-electron chi connectivity index (χ0n) is 9.97. The Balaban J connectivity index is 1.75. The molecule has 5 nitrogen and oxygen atoms in total. The van der Waals surface area contributed by atoms with Gasteiger partial charge in [-0.15, -0.1) is 0 Å². The molecule has 1 aliphatic rings. The average Bonchev–Trinajstić information content (AvgIpc) is 2.78. The summed E-state index contributed by atoms with van der Waals surface area (Å²) in [7, 11) is 0. The van der Waals surface area contributed by atoms with Crippen LogP contribution < -0.4 is 5.73 Å². The van der Waals surface area contributed by atoms with Gasteiger partial charge in [-0.05, 0) is 37.0 Å².